The minimum atomic E-state index is -3.95. The molecule has 1 saturated carbocycles. The van der Waals surface area contributed by atoms with Crippen molar-refractivity contribution in [3.63, 3.8) is 0 Å². The Morgan fingerprint density at radius 1 is 1.09 bits per heavy atom. The zero-order valence-electron chi connectivity index (χ0n) is 19.3. The van der Waals surface area contributed by atoms with Crippen LogP contribution in [0.25, 0.3) is 0 Å². The smallest absolute Gasteiger partial charge is 0.254 e. The lowest BCUT2D eigenvalue weighted by atomic mass is 10.2. The lowest BCUT2D eigenvalue weighted by Crippen LogP contribution is -2.34. The highest BCUT2D eigenvalue weighted by Gasteiger charge is 2.35. The van der Waals surface area contributed by atoms with Crippen molar-refractivity contribution in [3.05, 3.63) is 83.4 Å². The van der Waals surface area contributed by atoms with Gasteiger partial charge in [-0.3, -0.25) is 4.79 Å². The number of carbonyl (C=O) groups excluding carboxylic acids is 1. The molecule has 1 atom stereocenters. The molecule has 184 valence electrons. The Hall–Kier alpha value is -3.04. The molecule has 1 saturated heterocycles. The Bertz CT molecular complexity index is 1300. The van der Waals surface area contributed by atoms with Gasteiger partial charge in [0, 0.05) is 23.8 Å². The third-order valence-electron chi connectivity index (χ3n) is 6.49. The van der Waals surface area contributed by atoms with Crippen molar-refractivity contribution in [2.45, 2.75) is 61.8 Å². The minimum Gasteiger partial charge on any atom is -0.376 e. The summed E-state index contributed by atoms with van der Waals surface area (Å²) >= 11 is 0. The van der Waals surface area contributed by atoms with E-state index in [-0.39, 0.29) is 35.3 Å². The maximum Gasteiger partial charge on any atom is 0.254 e. The van der Waals surface area contributed by atoms with Gasteiger partial charge in [0.15, 0.2) is 0 Å². The van der Waals surface area contributed by atoms with Gasteiger partial charge in [-0.2, -0.15) is 0 Å². The topological polar surface area (TPSA) is 81.5 Å². The number of amides is 1. The number of carbonyl (C=O) groups is 1. The van der Waals surface area contributed by atoms with E-state index in [0.717, 1.165) is 25.7 Å². The summed E-state index contributed by atoms with van der Waals surface area (Å²) in [6, 6.07) is 15.1. The van der Waals surface area contributed by atoms with Gasteiger partial charge in [0.05, 0.1) is 36.8 Å². The molecule has 0 bridgehead atoms. The SMILES string of the molecule is O=C(c1ccccc1)N(Cc1cnc(S(=O)(=O)Cc2ccccc2F)n1CC1CCCO1)C1CC1. The third kappa shape index (κ3) is 5.31. The van der Waals surface area contributed by atoms with Gasteiger partial charge in [-0.05, 0) is 43.9 Å². The molecule has 0 spiro atoms. The maximum absolute atomic E-state index is 14.2. The van der Waals surface area contributed by atoms with E-state index in [2.05, 4.69) is 4.98 Å². The van der Waals surface area contributed by atoms with Crippen LogP contribution in [0.15, 0.2) is 66.0 Å². The van der Waals surface area contributed by atoms with Crippen molar-refractivity contribution < 1.29 is 22.3 Å². The van der Waals surface area contributed by atoms with Crippen molar-refractivity contribution in [2.75, 3.05) is 6.61 Å². The number of rotatable bonds is 9. The van der Waals surface area contributed by atoms with Gasteiger partial charge in [0.25, 0.3) is 5.91 Å². The molecule has 2 aromatic carbocycles. The molecular formula is C26H28FN3O4S. The predicted octanol–water partition coefficient (Wildman–Crippen LogP) is 3.98. The standard InChI is InChI=1S/C26H28FN3O4S/c27-24-11-5-4-9-20(24)18-35(32,33)26-28-15-22(30(26)17-23-10-6-14-34-23)16-29(21-12-13-21)25(31)19-7-2-1-3-8-19/h1-5,7-9,11,15,21,23H,6,10,12-14,16-18H2. The minimum absolute atomic E-state index is 0.0891. The molecule has 0 N–H and O–H groups in total. The van der Waals surface area contributed by atoms with Crippen LogP contribution >= 0.6 is 0 Å². The van der Waals surface area contributed by atoms with E-state index in [9.17, 15) is 17.6 Å². The van der Waals surface area contributed by atoms with E-state index in [1.807, 2.05) is 18.2 Å². The van der Waals surface area contributed by atoms with Gasteiger partial charge in [0.1, 0.15) is 5.82 Å². The van der Waals surface area contributed by atoms with Crippen molar-refractivity contribution in [1.82, 2.24) is 14.5 Å². The fourth-order valence-electron chi connectivity index (χ4n) is 4.51. The van der Waals surface area contributed by atoms with Crippen LogP contribution in [0.3, 0.4) is 0 Å². The van der Waals surface area contributed by atoms with Gasteiger partial charge in [-0.1, -0.05) is 36.4 Å². The quantitative estimate of drug-likeness (QED) is 0.447. The molecule has 35 heavy (non-hydrogen) atoms. The monoisotopic (exact) mass is 497 g/mol. The van der Waals surface area contributed by atoms with Gasteiger partial charge >= 0.3 is 0 Å². The van der Waals surface area contributed by atoms with E-state index in [4.69, 9.17) is 4.74 Å². The van der Waals surface area contributed by atoms with Crippen molar-refractivity contribution in [2.24, 2.45) is 0 Å². The van der Waals surface area contributed by atoms with Crippen LogP contribution in [0.2, 0.25) is 0 Å². The van der Waals surface area contributed by atoms with E-state index >= 15 is 0 Å². The summed E-state index contributed by atoms with van der Waals surface area (Å²) in [5.74, 6) is -1.15. The van der Waals surface area contributed by atoms with Crippen LogP contribution in [0.5, 0.6) is 0 Å². The predicted molar refractivity (Wildman–Crippen MR) is 128 cm³/mol. The van der Waals surface area contributed by atoms with Gasteiger partial charge in [0.2, 0.25) is 15.0 Å². The molecular weight excluding hydrogens is 469 g/mol. The zero-order chi connectivity index (χ0) is 24.4. The van der Waals surface area contributed by atoms with Crippen molar-refractivity contribution in [1.29, 1.82) is 0 Å². The second-order valence-corrected chi connectivity index (χ2v) is 11.0. The summed E-state index contributed by atoms with van der Waals surface area (Å²) in [4.78, 5) is 19.4. The van der Waals surface area contributed by atoms with Crippen LogP contribution in [0.1, 0.15) is 47.3 Å². The van der Waals surface area contributed by atoms with Gasteiger partial charge in [-0.25, -0.2) is 17.8 Å². The molecule has 3 aromatic rings. The highest BCUT2D eigenvalue weighted by Crippen LogP contribution is 2.31. The highest BCUT2D eigenvalue weighted by molar-refractivity contribution is 7.90. The molecule has 1 aliphatic heterocycles. The number of nitrogens with zero attached hydrogens (tertiary/aromatic N) is 3. The average molecular weight is 498 g/mol. The number of hydrogen-bond donors (Lipinski definition) is 0. The number of imidazole rings is 1. The highest BCUT2D eigenvalue weighted by atomic mass is 32.2. The van der Waals surface area contributed by atoms with E-state index in [1.165, 1.54) is 24.4 Å². The fourth-order valence-corrected chi connectivity index (χ4v) is 6.03. The number of hydrogen-bond acceptors (Lipinski definition) is 5. The van der Waals surface area contributed by atoms with Crippen LogP contribution in [0.4, 0.5) is 4.39 Å². The number of benzene rings is 2. The second-order valence-electron chi connectivity index (χ2n) is 9.16. The molecule has 2 fully saturated rings. The molecule has 1 unspecified atom stereocenters. The summed E-state index contributed by atoms with van der Waals surface area (Å²) in [5, 5.41) is -0.117. The van der Waals surface area contributed by atoms with Gasteiger partial charge in [-0.15, -0.1) is 0 Å². The molecule has 2 heterocycles. The summed E-state index contributed by atoms with van der Waals surface area (Å²) in [5.41, 5.74) is 1.32. The van der Waals surface area contributed by atoms with Gasteiger partial charge < -0.3 is 14.2 Å². The van der Waals surface area contributed by atoms with E-state index < -0.39 is 21.4 Å². The zero-order valence-corrected chi connectivity index (χ0v) is 20.2. The second kappa shape index (κ2) is 9.91. The number of aromatic nitrogens is 2. The summed E-state index contributed by atoms with van der Waals surface area (Å²) in [6.07, 6.45) is 4.95. The molecule has 7 nitrogen and oxygen atoms in total. The Labute approximate surface area is 204 Å². The van der Waals surface area contributed by atoms with Crippen LogP contribution in [0, 0.1) is 5.82 Å². The Kier molecular flexibility index (Phi) is 6.71. The first-order chi connectivity index (χ1) is 16.9. The first kappa shape index (κ1) is 23.7. The molecule has 1 aromatic heterocycles. The average Bonchev–Trinajstić information content (AvgIpc) is 3.41. The van der Waals surface area contributed by atoms with E-state index in [1.54, 1.807) is 27.7 Å². The molecule has 1 amide bonds. The van der Waals surface area contributed by atoms with Crippen molar-refractivity contribution >= 4 is 15.7 Å². The molecule has 2 aliphatic rings. The normalized spacial score (nSPS) is 18.0. The van der Waals surface area contributed by atoms with Crippen molar-refractivity contribution in [3.8, 4) is 0 Å². The van der Waals surface area contributed by atoms with Crippen LogP contribution in [-0.4, -0.2) is 47.5 Å². The van der Waals surface area contributed by atoms with Crippen LogP contribution in [-0.2, 0) is 33.4 Å². The summed E-state index contributed by atoms with van der Waals surface area (Å²) in [7, 11) is -3.95. The molecule has 9 heteroatoms. The Balaban J connectivity index is 1.47. The van der Waals surface area contributed by atoms with E-state index in [0.29, 0.717) is 24.4 Å². The Morgan fingerprint density at radius 2 is 1.83 bits per heavy atom. The number of ether oxygens (including phenoxy) is 1. The third-order valence-corrected chi connectivity index (χ3v) is 8.07. The lowest BCUT2D eigenvalue weighted by molar-refractivity contribution is 0.0718. The fraction of sp³-hybridized carbons (Fsp3) is 0.385. The first-order valence-corrected chi connectivity index (χ1v) is 13.6. The summed E-state index contributed by atoms with van der Waals surface area (Å²) in [6.45, 7) is 1.19. The summed E-state index contributed by atoms with van der Waals surface area (Å²) < 4.78 is 48.4. The Morgan fingerprint density at radius 3 is 2.51 bits per heavy atom. The largest absolute Gasteiger partial charge is 0.376 e. The van der Waals surface area contributed by atoms with Crippen LogP contribution < -0.4 is 0 Å². The number of sulfone groups is 1. The first-order valence-electron chi connectivity index (χ1n) is 11.9. The molecule has 5 rings (SSSR count). The maximum atomic E-state index is 14.2. The molecule has 0 radical (unpaired) electrons. The lowest BCUT2D eigenvalue weighted by Gasteiger charge is -2.24. The number of halogens is 1. The molecule has 1 aliphatic carbocycles.